The van der Waals surface area contributed by atoms with Crippen molar-refractivity contribution < 1.29 is 28.6 Å². The molecule has 1 aromatic carbocycles. The lowest BCUT2D eigenvalue weighted by atomic mass is 10.0. The van der Waals surface area contributed by atoms with Gasteiger partial charge in [0.25, 0.3) is 0 Å². The van der Waals surface area contributed by atoms with Crippen molar-refractivity contribution in [2.24, 2.45) is 0 Å². The van der Waals surface area contributed by atoms with Crippen molar-refractivity contribution in [3.63, 3.8) is 0 Å². The molecule has 5 nitrogen and oxygen atoms in total. The van der Waals surface area contributed by atoms with Gasteiger partial charge in [0.1, 0.15) is 0 Å². The predicted octanol–water partition coefficient (Wildman–Crippen LogP) is 0.858. The van der Waals surface area contributed by atoms with Crippen molar-refractivity contribution in [1.82, 2.24) is 0 Å². The monoisotopic (exact) mass is 268 g/mol. The summed E-state index contributed by atoms with van der Waals surface area (Å²) >= 11 is 0. The molecule has 0 saturated carbocycles. The van der Waals surface area contributed by atoms with E-state index >= 15 is 0 Å². The highest BCUT2D eigenvalue weighted by molar-refractivity contribution is 5.90. The van der Waals surface area contributed by atoms with Crippen LogP contribution in [0.1, 0.15) is 17.3 Å². The smallest absolute Gasteiger partial charge is 0.348 e. The van der Waals surface area contributed by atoms with E-state index in [9.17, 15) is 14.0 Å². The van der Waals surface area contributed by atoms with Crippen molar-refractivity contribution in [3.05, 3.63) is 35.9 Å². The molecule has 0 aliphatic carbocycles. The number of aliphatic hydroxyl groups excluding tert-OH is 1. The van der Waals surface area contributed by atoms with Crippen LogP contribution < -0.4 is 0 Å². The zero-order valence-electron chi connectivity index (χ0n) is 10.2. The topological polar surface area (TPSA) is 72.8 Å². The molecule has 0 amide bonds. The third kappa shape index (κ3) is 2.44. The Labute approximate surface area is 108 Å². The fourth-order valence-corrected chi connectivity index (χ4v) is 1.86. The van der Waals surface area contributed by atoms with Crippen molar-refractivity contribution in [2.75, 3.05) is 6.61 Å². The fraction of sp³-hybridized carbons (Fsp3) is 0.385. The molecule has 1 aromatic rings. The number of halogens is 1. The first kappa shape index (κ1) is 13.5. The molecule has 0 aromatic heterocycles. The summed E-state index contributed by atoms with van der Waals surface area (Å²) in [5.41, 5.74) is -2.23. The van der Waals surface area contributed by atoms with E-state index in [4.69, 9.17) is 9.84 Å². The molecule has 1 aliphatic heterocycles. The second-order valence-electron chi connectivity index (χ2n) is 4.39. The molecule has 19 heavy (non-hydrogen) atoms. The van der Waals surface area contributed by atoms with Crippen LogP contribution >= 0.6 is 0 Å². The number of esters is 2. The fourth-order valence-electron chi connectivity index (χ4n) is 1.86. The lowest BCUT2D eigenvalue weighted by Gasteiger charge is -2.21. The van der Waals surface area contributed by atoms with E-state index in [2.05, 4.69) is 4.74 Å². The summed E-state index contributed by atoms with van der Waals surface area (Å²) in [5.74, 6) is -1.91. The summed E-state index contributed by atoms with van der Waals surface area (Å²) in [6, 6.07) is 7.98. The first-order chi connectivity index (χ1) is 8.96. The van der Waals surface area contributed by atoms with Crippen LogP contribution in [0, 0.1) is 0 Å². The number of hydrogen-bond acceptors (Lipinski definition) is 5. The first-order valence-electron chi connectivity index (χ1n) is 5.73. The summed E-state index contributed by atoms with van der Waals surface area (Å²) in [6.45, 7) is 0.353. The largest absolute Gasteiger partial charge is 0.453 e. The SMILES string of the molecule is C[C@]1(F)C(=O)O[C@H](CO)[C@H]1OC(=O)c1ccccc1. The van der Waals surface area contributed by atoms with Crippen LogP contribution in [0.2, 0.25) is 0 Å². The van der Waals surface area contributed by atoms with Crippen LogP contribution in [0.5, 0.6) is 0 Å². The number of ether oxygens (including phenoxy) is 2. The Morgan fingerprint density at radius 1 is 1.47 bits per heavy atom. The van der Waals surface area contributed by atoms with Gasteiger partial charge in [-0.2, -0.15) is 0 Å². The zero-order chi connectivity index (χ0) is 14.0. The number of carbonyl (C=O) groups excluding carboxylic acids is 2. The van der Waals surface area contributed by atoms with E-state index in [0.29, 0.717) is 0 Å². The number of benzene rings is 1. The maximum absolute atomic E-state index is 14.1. The minimum Gasteiger partial charge on any atom is -0.453 e. The maximum Gasteiger partial charge on any atom is 0.348 e. The number of hydrogen-bond donors (Lipinski definition) is 1. The Bertz CT molecular complexity index is 485. The molecule has 0 unspecified atom stereocenters. The second kappa shape index (κ2) is 4.97. The van der Waals surface area contributed by atoms with E-state index in [1.807, 2.05) is 0 Å². The van der Waals surface area contributed by atoms with Crippen molar-refractivity contribution in [3.8, 4) is 0 Å². The average Bonchev–Trinajstić information content (AvgIpc) is 2.63. The van der Waals surface area contributed by atoms with Gasteiger partial charge < -0.3 is 14.6 Å². The summed E-state index contributed by atoms with van der Waals surface area (Å²) in [4.78, 5) is 23.1. The average molecular weight is 268 g/mol. The summed E-state index contributed by atoms with van der Waals surface area (Å²) in [5, 5.41) is 9.03. The maximum atomic E-state index is 14.1. The van der Waals surface area contributed by atoms with Crippen molar-refractivity contribution in [2.45, 2.75) is 24.8 Å². The van der Waals surface area contributed by atoms with Gasteiger partial charge in [0.15, 0.2) is 12.2 Å². The highest BCUT2D eigenvalue weighted by atomic mass is 19.1. The molecular formula is C13H13FO5. The molecule has 3 atom stereocenters. The van der Waals surface area contributed by atoms with Gasteiger partial charge in [0.05, 0.1) is 12.2 Å². The van der Waals surface area contributed by atoms with Crippen molar-refractivity contribution >= 4 is 11.9 Å². The second-order valence-corrected chi connectivity index (χ2v) is 4.39. The van der Waals surface area contributed by atoms with E-state index in [0.717, 1.165) is 6.92 Å². The number of aliphatic hydroxyl groups is 1. The Kier molecular flexibility index (Phi) is 3.53. The van der Waals surface area contributed by atoms with Gasteiger partial charge in [-0.25, -0.2) is 14.0 Å². The van der Waals surface area contributed by atoms with E-state index in [1.54, 1.807) is 18.2 Å². The van der Waals surface area contributed by atoms with Crippen LogP contribution in [0.4, 0.5) is 4.39 Å². The normalized spacial score (nSPS) is 29.9. The quantitative estimate of drug-likeness (QED) is 0.823. The summed E-state index contributed by atoms with van der Waals surface area (Å²) in [7, 11) is 0. The first-order valence-corrected chi connectivity index (χ1v) is 5.73. The molecule has 0 radical (unpaired) electrons. The summed E-state index contributed by atoms with van der Waals surface area (Å²) in [6.07, 6.45) is -2.65. The van der Waals surface area contributed by atoms with Gasteiger partial charge in [0.2, 0.25) is 5.67 Å². The number of alkyl halides is 1. The standard InChI is InChI=1S/C13H13FO5/c1-13(14)10(9(7-15)18-12(13)17)19-11(16)8-5-3-2-4-6-8/h2-6,9-10,15H,7H2,1H3/t9-,10-,13-/m1/s1. The molecule has 1 saturated heterocycles. The van der Waals surface area contributed by atoms with Gasteiger partial charge in [-0.1, -0.05) is 18.2 Å². The number of carbonyl (C=O) groups is 2. The molecule has 6 heteroatoms. The minimum absolute atomic E-state index is 0.231. The highest BCUT2D eigenvalue weighted by Crippen LogP contribution is 2.32. The molecule has 1 heterocycles. The Morgan fingerprint density at radius 2 is 2.11 bits per heavy atom. The molecule has 0 spiro atoms. The van der Waals surface area contributed by atoms with Gasteiger partial charge in [-0.05, 0) is 19.1 Å². The van der Waals surface area contributed by atoms with Gasteiger partial charge >= 0.3 is 11.9 Å². The van der Waals surface area contributed by atoms with E-state index in [1.165, 1.54) is 12.1 Å². The molecule has 2 rings (SSSR count). The van der Waals surface area contributed by atoms with Crippen LogP contribution in [-0.4, -0.2) is 41.5 Å². The van der Waals surface area contributed by atoms with Crippen LogP contribution in [0.25, 0.3) is 0 Å². The van der Waals surface area contributed by atoms with Gasteiger partial charge in [-0.15, -0.1) is 0 Å². The number of rotatable bonds is 3. The van der Waals surface area contributed by atoms with Crippen LogP contribution in [-0.2, 0) is 14.3 Å². The van der Waals surface area contributed by atoms with Gasteiger partial charge in [0, 0.05) is 0 Å². The molecule has 102 valence electrons. The Morgan fingerprint density at radius 3 is 2.68 bits per heavy atom. The Balaban J connectivity index is 2.17. The zero-order valence-corrected chi connectivity index (χ0v) is 10.2. The lowest BCUT2D eigenvalue weighted by molar-refractivity contribution is -0.150. The third-order valence-electron chi connectivity index (χ3n) is 2.95. The Hall–Kier alpha value is -1.95. The van der Waals surface area contributed by atoms with E-state index in [-0.39, 0.29) is 5.56 Å². The minimum atomic E-state index is -2.46. The van der Waals surface area contributed by atoms with Crippen LogP contribution in [0.3, 0.4) is 0 Å². The molecule has 1 N–H and O–H groups in total. The van der Waals surface area contributed by atoms with E-state index < -0.39 is 36.4 Å². The molecule has 1 fully saturated rings. The lowest BCUT2D eigenvalue weighted by Crippen LogP contribution is -2.43. The highest BCUT2D eigenvalue weighted by Gasteiger charge is 2.57. The van der Waals surface area contributed by atoms with Crippen LogP contribution in [0.15, 0.2) is 30.3 Å². The van der Waals surface area contributed by atoms with Crippen molar-refractivity contribution in [1.29, 1.82) is 0 Å². The third-order valence-corrected chi connectivity index (χ3v) is 2.95. The molecule has 0 bridgehead atoms. The molecular weight excluding hydrogens is 255 g/mol. The number of cyclic esters (lactones) is 1. The summed E-state index contributed by atoms with van der Waals surface area (Å²) < 4.78 is 23.7. The van der Waals surface area contributed by atoms with Gasteiger partial charge in [-0.3, -0.25) is 0 Å². The molecule has 1 aliphatic rings. The predicted molar refractivity (Wildman–Crippen MR) is 62.1 cm³/mol.